The molecule has 3 aromatic rings. The van der Waals surface area contributed by atoms with Crippen LogP contribution in [0, 0.1) is 0 Å². The van der Waals surface area contributed by atoms with Crippen molar-refractivity contribution in [2.75, 3.05) is 11.9 Å². The molecule has 25 heavy (non-hydrogen) atoms. The first-order chi connectivity index (χ1) is 11.9. The summed E-state index contributed by atoms with van der Waals surface area (Å²) in [7, 11) is 1.67. The molecule has 2 aromatic heterocycles. The van der Waals surface area contributed by atoms with E-state index in [0.29, 0.717) is 37.9 Å². The molecule has 0 bridgehead atoms. The molecule has 1 amide bonds. The average molecular weight is 416 g/mol. The Morgan fingerprint density at radius 2 is 1.60 bits per heavy atom. The van der Waals surface area contributed by atoms with Crippen molar-refractivity contribution < 1.29 is 14.3 Å². The summed E-state index contributed by atoms with van der Waals surface area (Å²) in [6.45, 7) is 1.48. The van der Waals surface area contributed by atoms with Crippen LogP contribution in [-0.4, -0.2) is 22.9 Å². The van der Waals surface area contributed by atoms with Crippen LogP contribution in [0.4, 0.5) is 5.69 Å². The third-order valence-electron chi connectivity index (χ3n) is 3.09. The second-order valence-corrected chi connectivity index (χ2v) is 7.20. The fourth-order valence-electron chi connectivity index (χ4n) is 1.81. The molecule has 6 nitrogen and oxygen atoms in total. The maximum Gasteiger partial charge on any atom is 0.280 e. The minimum atomic E-state index is -0.108. The van der Waals surface area contributed by atoms with Crippen molar-refractivity contribution in [1.82, 2.24) is 9.97 Å². The van der Waals surface area contributed by atoms with Crippen LogP contribution in [0.15, 0.2) is 29.0 Å². The van der Waals surface area contributed by atoms with E-state index < -0.39 is 0 Å². The largest absolute Gasteiger partial charge is 0.427 e. The fraction of sp³-hybridized carbons (Fsp3) is 0.133. The molecule has 0 spiro atoms. The minimum Gasteiger partial charge on any atom is -0.427 e. The molecule has 0 radical (unpaired) electrons. The Kier molecular flexibility index (Phi) is 5.43. The molecule has 3 rings (SSSR count). The van der Waals surface area contributed by atoms with Crippen molar-refractivity contribution in [3.63, 3.8) is 0 Å². The topological polar surface area (TPSA) is 64.6 Å². The Balaban J connectivity index is 1.95. The van der Waals surface area contributed by atoms with Gasteiger partial charge in [-0.1, -0.05) is 45.9 Å². The number of anilines is 1. The van der Waals surface area contributed by atoms with E-state index >= 15 is 0 Å². The molecule has 0 N–H and O–H groups in total. The zero-order valence-electron chi connectivity index (χ0n) is 13.0. The highest BCUT2D eigenvalue weighted by molar-refractivity contribution is 7.12. The normalized spacial score (nSPS) is 10.6. The van der Waals surface area contributed by atoms with E-state index in [0.717, 1.165) is 0 Å². The van der Waals surface area contributed by atoms with Crippen molar-refractivity contribution in [1.29, 1.82) is 0 Å². The van der Waals surface area contributed by atoms with Gasteiger partial charge < -0.3 is 14.4 Å². The molecule has 0 aliphatic heterocycles. The highest BCUT2D eigenvalue weighted by atomic mass is 35.5. The van der Waals surface area contributed by atoms with Gasteiger partial charge in [0.1, 0.15) is 10.3 Å². The molecule has 0 unspecified atom stereocenters. The summed E-state index contributed by atoms with van der Waals surface area (Å²) < 4.78 is 11.5. The summed E-state index contributed by atoms with van der Waals surface area (Å²) in [5.74, 6) is 0.685. The molecular formula is C15H11Cl2N3O3S2. The van der Waals surface area contributed by atoms with E-state index in [4.69, 9.17) is 32.7 Å². The van der Waals surface area contributed by atoms with Crippen LogP contribution in [0.5, 0.6) is 21.9 Å². The Hall–Kier alpha value is -1.87. The predicted molar refractivity (Wildman–Crippen MR) is 99.9 cm³/mol. The molecule has 0 aliphatic carbocycles. The summed E-state index contributed by atoms with van der Waals surface area (Å²) in [6.07, 6.45) is 0. The van der Waals surface area contributed by atoms with E-state index in [-0.39, 0.29) is 5.91 Å². The average Bonchev–Trinajstić information content (AvgIpc) is 3.16. The van der Waals surface area contributed by atoms with E-state index in [1.807, 2.05) is 0 Å². The van der Waals surface area contributed by atoms with Crippen LogP contribution in [0.3, 0.4) is 0 Å². The van der Waals surface area contributed by atoms with Crippen LogP contribution >= 0.6 is 45.9 Å². The van der Waals surface area contributed by atoms with Gasteiger partial charge >= 0.3 is 0 Å². The van der Waals surface area contributed by atoms with Crippen molar-refractivity contribution >= 4 is 57.5 Å². The fourth-order valence-corrected chi connectivity index (χ4v) is 3.41. The first-order valence-electron chi connectivity index (χ1n) is 6.88. The molecule has 10 heteroatoms. The Morgan fingerprint density at radius 1 is 1.04 bits per heavy atom. The third-order valence-corrected chi connectivity index (χ3v) is 5.17. The lowest BCUT2D eigenvalue weighted by Gasteiger charge is -2.17. The highest BCUT2D eigenvalue weighted by Gasteiger charge is 2.15. The summed E-state index contributed by atoms with van der Waals surface area (Å²) >= 11 is 14.2. The van der Waals surface area contributed by atoms with Crippen LogP contribution < -0.4 is 14.4 Å². The monoisotopic (exact) mass is 415 g/mol. The number of ether oxygens (including phenoxy) is 2. The smallest absolute Gasteiger partial charge is 0.280 e. The molecule has 0 saturated carbocycles. The van der Waals surface area contributed by atoms with E-state index in [1.165, 1.54) is 34.5 Å². The molecule has 0 aliphatic rings. The van der Waals surface area contributed by atoms with Gasteiger partial charge in [-0.05, 0) is 12.1 Å². The number of carbonyl (C=O) groups is 1. The zero-order chi connectivity index (χ0) is 18.0. The van der Waals surface area contributed by atoms with Crippen molar-refractivity contribution in [3.8, 4) is 21.9 Å². The summed E-state index contributed by atoms with van der Waals surface area (Å²) in [5, 5.41) is 4.74. The van der Waals surface area contributed by atoms with Gasteiger partial charge in [-0.15, -0.1) is 0 Å². The summed E-state index contributed by atoms with van der Waals surface area (Å²) in [6, 6.07) is 5.11. The van der Waals surface area contributed by atoms with Crippen LogP contribution in [0.2, 0.25) is 10.3 Å². The molecular weight excluding hydrogens is 405 g/mol. The molecule has 0 atom stereocenters. The standard InChI is InChI=1S/C15H11Cl2N3O3S2/c1-8(21)20(2)9-3-4-10(22-14-18-12(16)6-24-14)11(5-9)23-15-19-13(17)7-25-15/h3-7H,1-2H3. The second kappa shape index (κ2) is 7.57. The van der Waals surface area contributed by atoms with Gasteiger partial charge in [0.2, 0.25) is 5.91 Å². The third kappa shape index (κ3) is 4.40. The SMILES string of the molecule is CC(=O)N(C)c1ccc(Oc2nc(Cl)cs2)c(Oc2nc(Cl)cs2)c1. The van der Waals surface area contributed by atoms with Crippen LogP contribution in [0.1, 0.15) is 6.92 Å². The van der Waals surface area contributed by atoms with Gasteiger partial charge in [-0.2, -0.15) is 9.97 Å². The van der Waals surface area contributed by atoms with Crippen molar-refractivity contribution in [3.05, 3.63) is 39.3 Å². The number of halogens is 2. The number of carbonyl (C=O) groups excluding carboxylic acids is 1. The van der Waals surface area contributed by atoms with Gasteiger partial charge in [0, 0.05) is 36.5 Å². The lowest BCUT2D eigenvalue weighted by Crippen LogP contribution is -2.22. The van der Waals surface area contributed by atoms with E-state index in [9.17, 15) is 4.79 Å². The number of thiazole rings is 2. The molecule has 2 heterocycles. The number of nitrogens with zero attached hydrogens (tertiary/aromatic N) is 3. The first-order valence-corrected chi connectivity index (χ1v) is 9.40. The number of benzene rings is 1. The van der Waals surface area contributed by atoms with Gasteiger partial charge in [-0.25, -0.2) is 0 Å². The number of aromatic nitrogens is 2. The van der Waals surface area contributed by atoms with Crippen molar-refractivity contribution in [2.24, 2.45) is 0 Å². The summed E-state index contributed by atoms with van der Waals surface area (Å²) in [4.78, 5) is 21.2. The molecule has 0 fully saturated rings. The first kappa shape index (κ1) is 17.9. The quantitative estimate of drug-likeness (QED) is 0.552. The number of amides is 1. The number of hydrogen-bond donors (Lipinski definition) is 0. The van der Waals surface area contributed by atoms with Gasteiger partial charge in [0.05, 0.1) is 0 Å². The Morgan fingerprint density at radius 3 is 2.08 bits per heavy atom. The highest BCUT2D eigenvalue weighted by Crippen LogP contribution is 2.39. The van der Waals surface area contributed by atoms with E-state index in [2.05, 4.69) is 9.97 Å². The maximum absolute atomic E-state index is 11.6. The van der Waals surface area contributed by atoms with Crippen LogP contribution in [0.25, 0.3) is 0 Å². The van der Waals surface area contributed by atoms with Crippen LogP contribution in [-0.2, 0) is 4.79 Å². The molecule has 0 saturated heterocycles. The minimum absolute atomic E-state index is 0.108. The number of hydrogen-bond acceptors (Lipinski definition) is 7. The van der Waals surface area contributed by atoms with E-state index in [1.54, 1.807) is 36.0 Å². The van der Waals surface area contributed by atoms with Crippen molar-refractivity contribution in [2.45, 2.75) is 6.92 Å². The molecule has 130 valence electrons. The van der Waals surface area contributed by atoms with Gasteiger partial charge in [0.15, 0.2) is 11.5 Å². The zero-order valence-corrected chi connectivity index (χ0v) is 16.2. The Bertz CT molecular complexity index is 913. The maximum atomic E-state index is 11.6. The lowest BCUT2D eigenvalue weighted by molar-refractivity contribution is -0.116. The Labute approximate surface area is 161 Å². The number of rotatable bonds is 5. The second-order valence-electron chi connectivity index (χ2n) is 4.79. The lowest BCUT2D eigenvalue weighted by atomic mass is 10.2. The molecule has 1 aromatic carbocycles. The van der Waals surface area contributed by atoms with Gasteiger partial charge in [-0.3, -0.25) is 4.79 Å². The summed E-state index contributed by atoms with van der Waals surface area (Å²) in [5.41, 5.74) is 0.648. The van der Waals surface area contributed by atoms with Gasteiger partial charge in [0.25, 0.3) is 10.4 Å². The predicted octanol–water partition coefficient (Wildman–Crippen LogP) is 5.47.